The van der Waals surface area contributed by atoms with Crippen molar-refractivity contribution in [2.24, 2.45) is 0 Å². The fourth-order valence-corrected chi connectivity index (χ4v) is 2.20. The van der Waals surface area contributed by atoms with Gasteiger partial charge in [-0.25, -0.2) is 0 Å². The predicted octanol–water partition coefficient (Wildman–Crippen LogP) is 2.03. The van der Waals surface area contributed by atoms with Crippen LogP contribution in [0.1, 0.15) is 11.8 Å². The lowest BCUT2D eigenvalue weighted by Crippen LogP contribution is -2.11. The van der Waals surface area contributed by atoms with Gasteiger partial charge in [-0.05, 0) is 24.8 Å². The van der Waals surface area contributed by atoms with E-state index in [0.29, 0.717) is 24.5 Å². The van der Waals surface area contributed by atoms with Crippen LogP contribution in [0.15, 0.2) is 17.5 Å². The van der Waals surface area contributed by atoms with Gasteiger partial charge in [0.2, 0.25) is 11.9 Å². The quantitative estimate of drug-likeness (QED) is 0.808. The zero-order chi connectivity index (χ0) is 13.5. The number of thiophene rings is 1. The van der Waals surface area contributed by atoms with Crippen LogP contribution in [0.5, 0.6) is 6.01 Å². The van der Waals surface area contributed by atoms with E-state index >= 15 is 0 Å². The summed E-state index contributed by atoms with van der Waals surface area (Å²) in [5, 5.41) is 8.14. The van der Waals surface area contributed by atoms with Gasteiger partial charge in [0, 0.05) is 18.5 Å². The molecule has 6 nitrogen and oxygen atoms in total. The molecule has 7 heteroatoms. The molecule has 2 heterocycles. The van der Waals surface area contributed by atoms with E-state index < -0.39 is 0 Å². The Labute approximate surface area is 116 Å². The predicted molar refractivity (Wildman–Crippen MR) is 77.1 cm³/mol. The van der Waals surface area contributed by atoms with Crippen molar-refractivity contribution in [1.82, 2.24) is 15.0 Å². The highest BCUT2D eigenvalue weighted by molar-refractivity contribution is 7.09. The monoisotopic (exact) mass is 279 g/mol. The lowest BCUT2D eigenvalue weighted by atomic mass is 10.3. The van der Waals surface area contributed by atoms with Crippen molar-refractivity contribution in [1.29, 1.82) is 0 Å². The SMILES string of the molecule is CCOc1nc(NC)nc(NCCc2cccs2)n1. The molecule has 2 aromatic rings. The van der Waals surface area contributed by atoms with E-state index in [1.807, 2.05) is 6.92 Å². The highest BCUT2D eigenvalue weighted by Crippen LogP contribution is 2.12. The van der Waals surface area contributed by atoms with Gasteiger partial charge in [-0.2, -0.15) is 15.0 Å². The van der Waals surface area contributed by atoms with Crippen LogP contribution in [0.4, 0.5) is 11.9 Å². The van der Waals surface area contributed by atoms with Crippen LogP contribution in [-0.4, -0.2) is 35.2 Å². The first-order valence-corrected chi connectivity index (χ1v) is 7.02. The zero-order valence-electron chi connectivity index (χ0n) is 11.0. The molecule has 0 spiro atoms. The number of nitrogens with one attached hydrogen (secondary N) is 2. The molecule has 0 fully saturated rings. The molecule has 0 unspecified atom stereocenters. The van der Waals surface area contributed by atoms with Crippen LogP contribution in [0.3, 0.4) is 0 Å². The van der Waals surface area contributed by atoms with E-state index in [1.165, 1.54) is 4.88 Å². The second kappa shape index (κ2) is 6.89. The molecular weight excluding hydrogens is 262 g/mol. The molecule has 102 valence electrons. The maximum absolute atomic E-state index is 5.30. The number of rotatable bonds is 7. The number of aromatic nitrogens is 3. The molecule has 0 atom stereocenters. The van der Waals surface area contributed by atoms with E-state index in [4.69, 9.17) is 4.74 Å². The first-order chi connectivity index (χ1) is 9.31. The Bertz CT molecular complexity index is 503. The van der Waals surface area contributed by atoms with Gasteiger partial charge in [0.05, 0.1) is 6.61 Å². The van der Waals surface area contributed by atoms with E-state index in [2.05, 4.69) is 43.1 Å². The van der Waals surface area contributed by atoms with Crippen LogP contribution in [0.2, 0.25) is 0 Å². The fourth-order valence-electron chi connectivity index (χ4n) is 1.49. The van der Waals surface area contributed by atoms with E-state index in [9.17, 15) is 0 Å². The second-order valence-electron chi connectivity index (χ2n) is 3.70. The van der Waals surface area contributed by atoms with Crippen LogP contribution in [-0.2, 0) is 6.42 Å². The number of nitrogens with zero attached hydrogens (tertiary/aromatic N) is 3. The lowest BCUT2D eigenvalue weighted by molar-refractivity contribution is 0.312. The Morgan fingerprint density at radius 3 is 2.79 bits per heavy atom. The summed E-state index contributed by atoms with van der Waals surface area (Å²) in [4.78, 5) is 13.9. The van der Waals surface area contributed by atoms with Crippen molar-refractivity contribution in [3.05, 3.63) is 22.4 Å². The minimum absolute atomic E-state index is 0.334. The van der Waals surface area contributed by atoms with Crippen molar-refractivity contribution in [2.75, 3.05) is 30.8 Å². The Hall–Kier alpha value is -1.89. The molecule has 0 aromatic carbocycles. The Morgan fingerprint density at radius 1 is 1.26 bits per heavy atom. The maximum Gasteiger partial charge on any atom is 0.323 e. The van der Waals surface area contributed by atoms with E-state index in [1.54, 1.807) is 18.4 Å². The number of hydrogen-bond acceptors (Lipinski definition) is 7. The van der Waals surface area contributed by atoms with Crippen LogP contribution in [0, 0.1) is 0 Å². The average molecular weight is 279 g/mol. The van der Waals surface area contributed by atoms with E-state index in [-0.39, 0.29) is 0 Å². The molecule has 0 bridgehead atoms. The topological polar surface area (TPSA) is 72.0 Å². The van der Waals surface area contributed by atoms with Crippen LogP contribution < -0.4 is 15.4 Å². The molecule has 0 amide bonds. The third kappa shape index (κ3) is 4.06. The van der Waals surface area contributed by atoms with Crippen LogP contribution in [0.25, 0.3) is 0 Å². The largest absolute Gasteiger partial charge is 0.464 e. The van der Waals surface area contributed by atoms with Gasteiger partial charge in [-0.1, -0.05) is 6.07 Å². The minimum Gasteiger partial charge on any atom is -0.464 e. The molecule has 0 radical (unpaired) electrons. The lowest BCUT2D eigenvalue weighted by Gasteiger charge is -2.08. The van der Waals surface area contributed by atoms with E-state index in [0.717, 1.165) is 13.0 Å². The van der Waals surface area contributed by atoms with Gasteiger partial charge >= 0.3 is 6.01 Å². The summed E-state index contributed by atoms with van der Waals surface area (Å²) in [7, 11) is 1.76. The first-order valence-electron chi connectivity index (χ1n) is 6.14. The van der Waals surface area contributed by atoms with Crippen molar-refractivity contribution in [2.45, 2.75) is 13.3 Å². The van der Waals surface area contributed by atoms with Crippen molar-refractivity contribution < 1.29 is 4.74 Å². The molecule has 2 N–H and O–H groups in total. The molecule has 0 saturated heterocycles. The normalized spacial score (nSPS) is 10.2. The van der Waals surface area contributed by atoms with Gasteiger partial charge in [0.15, 0.2) is 0 Å². The molecule has 0 saturated carbocycles. The zero-order valence-corrected chi connectivity index (χ0v) is 11.8. The number of anilines is 2. The summed E-state index contributed by atoms with van der Waals surface area (Å²) in [5.41, 5.74) is 0. The summed E-state index contributed by atoms with van der Waals surface area (Å²) in [6.45, 7) is 3.20. The summed E-state index contributed by atoms with van der Waals surface area (Å²) >= 11 is 1.75. The number of hydrogen-bond donors (Lipinski definition) is 2. The Kier molecular flexibility index (Phi) is 4.91. The van der Waals surface area contributed by atoms with Gasteiger partial charge in [0.1, 0.15) is 0 Å². The van der Waals surface area contributed by atoms with Gasteiger partial charge in [0.25, 0.3) is 0 Å². The highest BCUT2D eigenvalue weighted by Gasteiger charge is 2.05. The molecule has 2 aromatic heterocycles. The van der Waals surface area contributed by atoms with Crippen LogP contribution >= 0.6 is 11.3 Å². The summed E-state index contributed by atoms with van der Waals surface area (Å²) in [5.74, 6) is 1.02. The smallest absolute Gasteiger partial charge is 0.323 e. The van der Waals surface area contributed by atoms with Gasteiger partial charge < -0.3 is 15.4 Å². The highest BCUT2D eigenvalue weighted by atomic mass is 32.1. The number of ether oxygens (including phenoxy) is 1. The standard InChI is InChI=1S/C12H17N5OS/c1-3-18-12-16-10(13-2)15-11(17-12)14-7-6-9-5-4-8-19-9/h4-5,8H,3,6-7H2,1-2H3,(H2,13,14,15,16,17). The Morgan fingerprint density at radius 2 is 2.11 bits per heavy atom. The first kappa shape index (κ1) is 13.5. The minimum atomic E-state index is 0.334. The summed E-state index contributed by atoms with van der Waals surface area (Å²) in [6.07, 6.45) is 0.947. The molecule has 0 aliphatic carbocycles. The van der Waals surface area contributed by atoms with Gasteiger partial charge in [-0.15, -0.1) is 11.3 Å². The molecule has 2 rings (SSSR count). The van der Waals surface area contributed by atoms with Crippen molar-refractivity contribution >= 4 is 23.2 Å². The molecule has 0 aliphatic rings. The van der Waals surface area contributed by atoms with Crippen molar-refractivity contribution in [3.8, 4) is 6.01 Å². The second-order valence-corrected chi connectivity index (χ2v) is 4.74. The molecule has 19 heavy (non-hydrogen) atoms. The average Bonchev–Trinajstić information content (AvgIpc) is 2.92. The maximum atomic E-state index is 5.30. The van der Waals surface area contributed by atoms with Crippen molar-refractivity contribution in [3.63, 3.8) is 0 Å². The molecule has 0 aliphatic heterocycles. The fraction of sp³-hybridized carbons (Fsp3) is 0.417. The third-order valence-electron chi connectivity index (χ3n) is 2.35. The van der Waals surface area contributed by atoms with Gasteiger partial charge in [-0.3, -0.25) is 0 Å². The summed E-state index contributed by atoms with van der Waals surface area (Å²) in [6, 6.07) is 4.50. The summed E-state index contributed by atoms with van der Waals surface area (Å²) < 4.78 is 5.30. The molecular formula is C12H17N5OS. The Balaban J connectivity index is 1.96. The third-order valence-corrected chi connectivity index (χ3v) is 3.28.